The van der Waals surface area contributed by atoms with E-state index in [1.807, 2.05) is 0 Å². The molecular weight excluding hydrogens is 676 g/mol. The van der Waals surface area contributed by atoms with Crippen molar-refractivity contribution in [1.82, 2.24) is 0 Å². The normalized spacial score (nSPS) is 59.0. The van der Waals surface area contributed by atoms with E-state index in [1.165, 1.54) is 25.7 Å². The van der Waals surface area contributed by atoms with Crippen LogP contribution in [0.4, 0.5) is 0 Å². The van der Waals surface area contributed by atoms with E-state index in [-0.39, 0.29) is 23.0 Å². The van der Waals surface area contributed by atoms with Crippen LogP contribution >= 0.6 is 0 Å². The molecule has 0 aromatic rings. The average Bonchev–Trinajstić information content (AvgIpc) is 3.58. The third-order valence-corrected chi connectivity index (χ3v) is 16.2. The van der Waals surface area contributed by atoms with Crippen LogP contribution in [0.2, 0.25) is 0 Å². The second-order valence-electron chi connectivity index (χ2n) is 18.7. The molecule has 8 rings (SSSR count). The van der Waals surface area contributed by atoms with Gasteiger partial charge in [-0.25, -0.2) is 0 Å². The van der Waals surface area contributed by atoms with Crippen LogP contribution in [-0.4, -0.2) is 135 Å². The summed E-state index contributed by atoms with van der Waals surface area (Å²) in [6.07, 6.45) is -3.66. The van der Waals surface area contributed by atoms with Gasteiger partial charge in [0.1, 0.15) is 48.8 Å². The molecule has 4 saturated carbocycles. The number of aliphatic hydroxyl groups excluding tert-OH is 7. The third-order valence-electron chi connectivity index (χ3n) is 16.2. The SMILES string of the molecule is C[C@@H]1CC[C@@]2(OC1)O[C@@H]1C[C@H]3[C@@H]4CC[C@H]5C[C@H](O[C@H]6O[C@@H](CO)[C@H](O[C@H]7O[C@@H](CO)[C@@H](O)[C@@H](O)[C@@H]7O)[C@@H](O)[C@@H]6O)CC[C@]5(C)[C@H]4CC[C@]3(C)[C@H]1[C@@H]2C. The highest BCUT2D eigenvalue weighted by molar-refractivity contribution is 5.15. The molecule has 0 aromatic heterocycles. The Kier molecular flexibility index (Phi) is 10.4. The standard InChI is InChI=1S/C39H64O13/c1-18-7-12-39(47-17-18)19(2)28-25(52-39)14-24-22-6-5-20-13-21(8-10-37(20,3)23(22)9-11-38(24,28)4)48-35-33(46)31(44)34(27(16-41)50-35)51-36-32(45)30(43)29(42)26(15-40)49-36/h18-36,40-46H,5-17H2,1-4H3/t18-,19+,20+,21-,22-,23+,24+,25-,26+,27+,28+,29-,30-,31+,32+,33+,34+,35+,36-,37+,38+,39-/m1/s1. The first-order valence-electron chi connectivity index (χ1n) is 20.3. The van der Waals surface area contributed by atoms with E-state index < -0.39 is 80.4 Å². The van der Waals surface area contributed by atoms with Crippen LogP contribution in [0.25, 0.3) is 0 Å². The summed E-state index contributed by atoms with van der Waals surface area (Å²) in [6.45, 7) is 9.33. The predicted octanol–water partition coefficient (Wildman–Crippen LogP) is 1.44. The lowest BCUT2D eigenvalue weighted by Crippen LogP contribution is -2.65. The zero-order chi connectivity index (χ0) is 36.9. The molecule has 52 heavy (non-hydrogen) atoms. The Morgan fingerprint density at radius 3 is 2.08 bits per heavy atom. The smallest absolute Gasteiger partial charge is 0.187 e. The maximum Gasteiger partial charge on any atom is 0.187 e. The molecule has 0 radical (unpaired) electrons. The summed E-state index contributed by atoms with van der Waals surface area (Å²) < 4.78 is 37.0. The van der Waals surface area contributed by atoms with Gasteiger partial charge < -0.3 is 64.2 Å². The number of hydrogen-bond acceptors (Lipinski definition) is 13. The molecule has 13 nitrogen and oxygen atoms in total. The van der Waals surface area contributed by atoms with Gasteiger partial charge in [-0.3, -0.25) is 0 Å². The first-order chi connectivity index (χ1) is 24.7. The Labute approximate surface area is 307 Å². The summed E-state index contributed by atoms with van der Waals surface area (Å²) >= 11 is 0. The fourth-order valence-corrected chi connectivity index (χ4v) is 13.2. The quantitative estimate of drug-likeness (QED) is 0.194. The third kappa shape index (κ3) is 5.98. The summed E-state index contributed by atoms with van der Waals surface area (Å²) in [5.41, 5.74) is 0.468. The highest BCUT2D eigenvalue weighted by Gasteiger charge is 2.69. The molecule has 0 aromatic carbocycles. The Morgan fingerprint density at radius 1 is 0.673 bits per heavy atom. The van der Waals surface area contributed by atoms with Crippen LogP contribution in [0.3, 0.4) is 0 Å². The monoisotopic (exact) mass is 740 g/mol. The molecule has 22 atom stereocenters. The van der Waals surface area contributed by atoms with Crippen LogP contribution in [-0.2, 0) is 28.4 Å². The molecule has 0 amide bonds. The van der Waals surface area contributed by atoms with Gasteiger partial charge in [-0.1, -0.05) is 27.7 Å². The number of aliphatic hydroxyl groups is 7. The van der Waals surface area contributed by atoms with Gasteiger partial charge in [0.15, 0.2) is 18.4 Å². The van der Waals surface area contributed by atoms with Crippen molar-refractivity contribution in [3.05, 3.63) is 0 Å². The highest BCUT2D eigenvalue weighted by Crippen LogP contribution is 2.71. The lowest BCUT2D eigenvalue weighted by atomic mass is 9.44. The van der Waals surface area contributed by atoms with Gasteiger partial charge in [0, 0.05) is 12.3 Å². The Hall–Kier alpha value is -0.520. The number of hydrogen-bond donors (Lipinski definition) is 7. The van der Waals surface area contributed by atoms with Crippen molar-refractivity contribution in [1.29, 1.82) is 0 Å². The van der Waals surface area contributed by atoms with Crippen molar-refractivity contribution in [2.75, 3.05) is 19.8 Å². The summed E-state index contributed by atoms with van der Waals surface area (Å²) in [7, 11) is 0. The predicted molar refractivity (Wildman–Crippen MR) is 183 cm³/mol. The molecule has 8 fully saturated rings. The van der Waals surface area contributed by atoms with E-state index in [1.54, 1.807) is 0 Å². The minimum atomic E-state index is -1.71. The maximum atomic E-state index is 11.2. The average molecular weight is 741 g/mol. The number of fused-ring (bicyclic) bond motifs is 7. The van der Waals surface area contributed by atoms with Gasteiger partial charge in [0.2, 0.25) is 0 Å². The van der Waals surface area contributed by atoms with Crippen molar-refractivity contribution < 1.29 is 64.2 Å². The van der Waals surface area contributed by atoms with Crippen LogP contribution in [0, 0.1) is 52.3 Å². The summed E-state index contributed by atoms with van der Waals surface area (Å²) in [5.74, 6) is 3.63. The number of rotatable bonds is 6. The Balaban J connectivity index is 0.892. The van der Waals surface area contributed by atoms with E-state index >= 15 is 0 Å². The van der Waals surface area contributed by atoms with Crippen LogP contribution in [0.5, 0.6) is 0 Å². The van der Waals surface area contributed by atoms with Crippen molar-refractivity contribution in [3.63, 3.8) is 0 Å². The van der Waals surface area contributed by atoms with Gasteiger partial charge in [0.05, 0.1) is 32.0 Å². The fourth-order valence-electron chi connectivity index (χ4n) is 13.2. The second-order valence-corrected chi connectivity index (χ2v) is 18.7. The lowest BCUT2D eigenvalue weighted by molar-refractivity contribution is -0.364. The van der Waals surface area contributed by atoms with Gasteiger partial charge in [-0.2, -0.15) is 0 Å². The first-order valence-corrected chi connectivity index (χ1v) is 20.3. The molecule has 7 N–H and O–H groups in total. The van der Waals surface area contributed by atoms with Gasteiger partial charge in [0.25, 0.3) is 0 Å². The van der Waals surface area contributed by atoms with Crippen LogP contribution in [0.1, 0.15) is 91.9 Å². The zero-order valence-corrected chi connectivity index (χ0v) is 31.2. The molecule has 4 saturated heterocycles. The minimum Gasteiger partial charge on any atom is -0.394 e. The molecule has 13 heteroatoms. The van der Waals surface area contributed by atoms with Crippen molar-refractivity contribution in [2.24, 2.45) is 52.3 Å². The number of ether oxygens (including phenoxy) is 6. The van der Waals surface area contributed by atoms with Gasteiger partial charge in [-0.15, -0.1) is 0 Å². The lowest BCUT2D eigenvalue weighted by Gasteiger charge is -2.61. The minimum absolute atomic E-state index is 0.188. The molecule has 1 spiro atoms. The molecule has 0 unspecified atom stereocenters. The first kappa shape index (κ1) is 38.4. The van der Waals surface area contributed by atoms with E-state index in [4.69, 9.17) is 28.4 Å². The molecule has 0 bridgehead atoms. The van der Waals surface area contributed by atoms with Gasteiger partial charge in [-0.05, 0) is 104 Å². The zero-order valence-electron chi connectivity index (χ0n) is 31.2. The second kappa shape index (κ2) is 14.1. The van der Waals surface area contributed by atoms with Crippen molar-refractivity contribution in [2.45, 2.75) is 171 Å². The van der Waals surface area contributed by atoms with Crippen molar-refractivity contribution >= 4 is 0 Å². The molecule has 8 aliphatic rings. The molecule has 298 valence electrons. The topological polar surface area (TPSA) is 197 Å². The molecular formula is C39H64O13. The molecule has 4 aliphatic heterocycles. The maximum absolute atomic E-state index is 11.2. The fraction of sp³-hybridized carbons (Fsp3) is 1.00. The summed E-state index contributed by atoms with van der Waals surface area (Å²) in [6, 6.07) is 0. The van der Waals surface area contributed by atoms with E-state index in [2.05, 4.69) is 27.7 Å². The van der Waals surface area contributed by atoms with Crippen LogP contribution in [0.15, 0.2) is 0 Å². The molecule has 4 aliphatic carbocycles. The highest BCUT2D eigenvalue weighted by atomic mass is 16.7. The summed E-state index contributed by atoms with van der Waals surface area (Å²) in [5, 5.41) is 72.8. The molecule has 4 heterocycles. The largest absolute Gasteiger partial charge is 0.394 e. The van der Waals surface area contributed by atoms with E-state index in [0.717, 1.165) is 45.1 Å². The van der Waals surface area contributed by atoms with E-state index in [0.29, 0.717) is 41.4 Å². The van der Waals surface area contributed by atoms with Crippen molar-refractivity contribution in [3.8, 4) is 0 Å². The van der Waals surface area contributed by atoms with Gasteiger partial charge >= 0.3 is 0 Å². The van der Waals surface area contributed by atoms with E-state index in [9.17, 15) is 35.7 Å². The van der Waals surface area contributed by atoms with Crippen LogP contribution < -0.4 is 0 Å². The Morgan fingerprint density at radius 2 is 1.37 bits per heavy atom. The summed E-state index contributed by atoms with van der Waals surface area (Å²) in [4.78, 5) is 0. The Bertz CT molecular complexity index is 1260.